The normalized spacial score (nSPS) is 24.9. The molecule has 0 saturated carbocycles. The second kappa shape index (κ2) is 6.28. The number of morpholine rings is 1. The van der Waals surface area contributed by atoms with Crippen LogP contribution < -0.4 is 10.2 Å². The Labute approximate surface area is 127 Å². The third kappa shape index (κ3) is 3.19. The van der Waals surface area contributed by atoms with Gasteiger partial charge in [-0.15, -0.1) is 0 Å². The Bertz CT molecular complexity index is 479. The summed E-state index contributed by atoms with van der Waals surface area (Å²) in [6.45, 7) is 10.1. The van der Waals surface area contributed by atoms with Crippen molar-refractivity contribution < 1.29 is 4.74 Å². The van der Waals surface area contributed by atoms with Crippen molar-refractivity contribution in [2.75, 3.05) is 24.5 Å². The molecule has 0 radical (unpaired) electrons. The molecule has 21 heavy (non-hydrogen) atoms. The standard InChI is InChI=1S/C16H26N4O/c1-4-17-7-14-15(8-18-16(19-14)11(2)3)20-9-12-5-6-13(10-20)21-12/h8,11-13,17H,4-7,9-10H2,1-3H3. The monoisotopic (exact) mass is 290 g/mol. The van der Waals surface area contributed by atoms with Gasteiger partial charge in [0.1, 0.15) is 5.82 Å². The van der Waals surface area contributed by atoms with Crippen molar-refractivity contribution in [3.63, 3.8) is 0 Å². The molecule has 0 aliphatic carbocycles. The van der Waals surface area contributed by atoms with Crippen LogP contribution in [0, 0.1) is 0 Å². The molecular formula is C16H26N4O. The van der Waals surface area contributed by atoms with E-state index in [-0.39, 0.29) is 0 Å². The lowest BCUT2D eigenvalue weighted by atomic mass is 10.2. The minimum atomic E-state index is 0.361. The van der Waals surface area contributed by atoms with E-state index in [0.717, 1.165) is 37.7 Å². The summed E-state index contributed by atoms with van der Waals surface area (Å²) in [6.07, 6.45) is 5.17. The van der Waals surface area contributed by atoms with E-state index < -0.39 is 0 Å². The average Bonchev–Trinajstić information content (AvgIpc) is 2.83. The van der Waals surface area contributed by atoms with Gasteiger partial charge in [0.05, 0.1) is 29.8 Å². The minimum absolute atomic E-state index is 0.361. The maximum atomic E-state index is 5.93. The molecule has 116 valence electrons. The first-order valence-electron chi connectivity index (χ1n) is 8.14. The van der Waals surface area contributed by atoms with Gasteiger partial charge in [0.2, 0.25) is 0 Å². The molecule has 1 N–H and O–H groups in total. The van der Waals surface area contributed by atoms with Crippen LogP contribution in [-0.2, 0) is 11.3 Å². The molecule has 2 unspecified atom stereocenters. The fourth-order valence-corrected chi connectivity index (χ4v) is 3.15. The zero-order chi connectivity index (χ0) is 14.8. The number of hydrogen-bond acceptors (Lipinski definition) is 5. The smallest absolute Gasteiger partial charge is 0.131 e. The first kappa shape index (κ1) is 14.7. The van der Waals surface area contributed by atoms with E-state index in [1.54, 1.807) is 0 Å². The Balaban J connectivity index is 1.85. The van der Waals surface area contributed by atoms with Gasteiger partial charge in [-0.2, -0.15) is 0 Å². The van der Waals surface area contributed by atoms with Crippen LogP contribution in [0.4, 0.5) is 5.69 Å². The molecule has 0 aromatic carbocycles. The van der Waals surface area contributed by atoms with E-state index in [1.165, 1.54) is 18.5 Å². The molecule has 0 spiro atoms. The van der Waals surface area contributed by atoms with Crippen molar-refractivity contribution in [1.82, 2.24) is 15.3 Å². The van der Waals surface area contributed by atoms with Gasteiger partial charge in [-0.05, 0) is 19.4 Å². The quantitative estimate of drug-likeness (QED) is 0.900. The predicted molar refractivity (Wildman–Crippen MR) is 83.6 cm³/mol. The molecule has 3 rings (SSSR count). The van der Waals surface area contributed by atoms with Gasteiger partial charge < -0.3 is 15.0 Å². The summed E-state index contributed by atoms with van der Waals surface area (Å²) < 4.78 is 5.93. The molecular weight excluding hydrogens is 264 g/mol. The highest BCUT2D eigenvalue weighted by Gasteiger charge is 2.34. The zero-order valence-electron chi connectivity index (χ0n) is 13.3. The number of anilines is 1. The summed E-state index contributed by atoms with van der Waals surface area (Å²) in [4.78, 5) is 11.8. The Hall–Kier alpha value is -1.20. The van der Waals surface area contributed by atoms with Crippen LogP contribution in [0.2, 0.25) is 0 Å². The maximum Gasteiger partial charge on any atom is 0.131 e. The van der Waals surface area contributed by atoms with Crippen molar-refractivity contribution in [2.45, 2.75) is 58.3 Å². The first-order valence-corrected chi connectivity index (χ1v) is 8.14. The first-order chi connectivity index (χ1) is 10.2. The molecule has 5 nitrogen and oxygen atoms in total. The van der Waals surface area contributed by atoms with Crippen LogP contribution in [0.3, 0.4) is 0 Å². The van der Waals surface area contributed by atoms with Gasteiger partial charge in [0, 0.05) is 25.6 Å². The second-order valence-corrected chi connectivity index (χ2v) is 6.36. The Morgan fingerprint density at radius 2 is 2.05 bits per heavy atom. The summed E-state index contributed by atoms with van der Waals surface area (Å²) in [5.41, 5.74) is 2.30. The molecule has 2 atom stereocenters. The Kier molecular flexibility index (Phi) is 4.40. The lowest BCUT2D eigenvalue weighted by Crippen LogP contribution is -2.43. The van der Waals surface area contributed by atoms with E-state index in [0.29, 0.717) is 18.1 Å². The molecule has 2 aliphatic rings. The lowest BCUT2D eigenvalue weighted by Gasteiger charge is -2.34. The molecule has 2 aliphatic heterocycles. The van der Waals surface area contributed by atoms with Crippen LogP contribution in [0.1, 0.15) is 51.0 Å². The van der Waals surface area contributed by atoms with Gasteiger partial charge in [-0.25, -0.2) is 9.97 Å². The highest BCUT2D eigenvalue weighted by Crippen LogP contribution is 2.31. The van der Waals surface area contributed by atoms with Crippen molar-refractivity contribution in [2.24, 2.45) is 0 Å². The maximum absolute atomic E-state index is 5.93. The highest BCUT2D eigenvalue weighted by atomic mass is 16.5. The van der Waals surface area contributed by atoms with E-state index in [2.05, 4.69) is 36.0 Å². The average molecular weight is 290 g/mol. The third-order valence-electron chi connectivity index (χ3n) is 4.31. The summed E-state index contributed by atoms with van der Waals surface area (Å²) in [6, 6.07) is 0. The zero-order valence-corrected chi connectivity index (χ0v) is 13.3. The van der Waals surface area contributed by atoms with Gasteiger partial charge in [0.15, 0.2) is 0 Å². The number of nitrogens with zero attached hydrogens (tertiary/aromatic N) is 3. The number of rotatable bonds is 5. The Morgan fingerprint density at radius 1 is 1.33 bits per heavy atom. The van der Waals surface area contributed by atoms with Crippen molar-refractivity contribution in [3.8, 4) is 0 Å². The summed E-state index contributed by atoms with van der Waals surface area (Å²) in [7, 11) is 0. The summed E-state index contributed by atoms with van der Waals surface area (Å²) in [5.74, 6) is 1.29. The van der Waals surface area contributed by atoms with Gasteiger partial charge in [0.25, 0.3) is 0 Å². The topological polar surface area (TPSA) is 50.3 Å². The molecule has 1 aromatic rings. The number of fused-ring (bicyclic) bond motifs is 2. The van der Waals surface area contributed by atoms with Gasteiger partial charge >= 0.3 is 0 Å². The molecule has 2 bridgehead atoms. The van der Waals surface area contributed by atoms with Crippen LogP contribution in [0.25, 0.3) is 0 Å². The fraction of sp³-hybridized carbons (Fsp3) is 0.750. The minimum Gasteiger partial charge on any atom is -0.371 e. The molecule has 1 aromatic heterocycles. The van der Waals surface area contributed by atoms with Crippen molar-refractivity contribution >= 4 is 5.69 Å². The predicted octanol–water partition coefficient (Wildman–Crippen LogP) is 2.08. The van der Waals surface area contributed by atoms with E-state index >= 15 is 0 Å². The van der Waals surface area contributed by atoms with Crippen LogP contribution in [-0.4, -0.2) is 41.8 Å². The second-order valence-electron chi connectivity index (χ2n) is 6.36. The number of hydrogen-bond donors (Lipinski definition) is 1. The Morgan fingerprint density at radius 3 is 2.67 bits per heavy atom. The summed E-state index contributed by atoms with van der Waals surface area (Å²) in [5, 5.41) is 3.40. The highest BCUT2D eigenvalue weighted by molar-refractivity contribution is 5.50. The number of aromatic nitrogens is 2. The molecule has 0 amide bonds. The summed E-state index contributed by atoms with van der Waals surface area (Å²) >= 11 is 0. The number of ether oxygens (including phenoxy) is 1. The van der Waals surface area contributed by atoms with Crippen LogP contribution >= 0.6 is 0 Å². The number of nitrogens with one attached hydrogen (secondary N) is 1. The molecule has 2 fully saturated rings. The molecule has 3 heterocycles. The van der Waals surface area contributed by atoms with E-state index in [4.69, 9.17) is 9.72 Å². The largest absolute Gasteiger partial charge is 0.371 e. The molecule has 5 heteroatoms. The fourth-order valence-electron chi connectivity index (χ4n) is 3.15. The van der Waals surface area contributed by atoms with Crippen LogP contribution in [0.5, 0.6) is 0 Å². The van der Waals surface area contributed by atoms with Gasteiger partial charge in [-0.1, -0.05) is 20.8 Å². The lowest BCUT2D eigenvalue weighted by molar-refractivity contribution is 0.0304. The third-order valence-corrected chi connectivity index (χ3v) is 4.31. The van der Waals surface area contributed by atoms with Crippen molar-refractivity contribution in [1.29, 1.82) is 0 Å². The van der Waals surface area contributed by atoms with Gasteiger partial charge in [-0.3, -0.25) is 0 Å². The molecule has 2 saturated heterocycles. The van der Waals surface area contributed by atoms with Crippen LogP contribution in [0.15, 0.2) is 6.20 Å². The van der Waals surface area contributed by atoms with E-state index in [9.17, 15) is 0 Å². The SMILES string of the molecule is CCNCc1nc(C(C)C)ncc1N1CC2CCC(C1)O2. The van der Waals surface area contributed by atoms with Crippen molar-refractivity contribution in [3.05, 3.63) is 17.7 Å². The van der Waals surface area contributed by atoms with E-state index in [1.807, 2.05) is 6.20 Å².